The van der Waals surface area contributed by atoms with Crippen LogP contribution in [0.25, 0.3) is 0 Å². The molecule has 0 amide bonds. The van der Waals surface area contributed by atoms with Crippen LogP contribution in [0.5, 0.6) is 23.0 Å². The topological polar surface area (TPSA) is 116 Å². The fraction of sp³-hybridized carbons (Fsp3) is 0.441. The number of ether oxygens (including phenoxy) is 4. The molecule has 0 aliphatic rings. The number of nitrogens with zero attached hydrogens (tertiary/aromatic N) is 1. The van der Waals surface area contributed by atoms with Crippen molar-refractivity contribution in [1.29, 1.82) is 5.26 Å². The quantitative estimate of drug-likeness (QED) is 0.138. The van der Waals surface area contributed by atoms with Gasteiger partial charge in [-0.25, -0.2) is 0 Å². The van der Waals surface area contributed by atoms with Gasteiger partial charge in [-0.05, 0) is 92.7 Å². The van der Waals surface area contributed by atoms with Crippen LogP contribution in [-0.2, 0) is 26.1 Å². The van der Waals surface area contributed by atoms with Gasteiger partial charge in [0.25, 0.3) is 10.1 Å². The van der Waals surface area contributed by atoms with Gasteiger partial charge in [-0.3, -0.25) is 4.18 Å². The van der Waals surface area contributed by atoms with Crippen LogP contribution in [0.1, 0.15) is 43.4 Å². The predicted octanol–water partition coefficient (Wildman–Crippen LogP) is 5.84. The molecule has 0 radical (unpaired) electrons. The van der Waals surface area contributed by atoms with Crippen LogP contribution >= 0.6 is 0 Å². The predicted molar refractivity (Wildman–Crippen MR) is 170 cm³/mol. The zero-order valence-corrected chi connectivity index (χ0v) is 27.3. The number of nitriles is 1. The van der Waals surface area contributed by atoms with Crippen molar-refractivity contribution in [2.24, 2.45) is 5.92 Å². The zero-order chi connectivity index (χ0) is 32.2. The lowest BCUT2D eigenvalue weighted by atomic mass is 9.70. The molecule has 0 fully saturated rings. The van der Waals surface area contributed by atoms with Gasteiger partial charge in [0.15, 0.2) is 23.0 Å². The molecule has 0 spiro atoms. The molecule has 0 aromatic heterocycles. The summed E-state index contributed by atoms with van der Waals surface area (Å²) in [5.74, 6) is 2.45. The van der Waals surface area contributed by atoms with Crippen molar-refractivity contribution in [1.82, 2.24) is 5.32 Å². The van der Waals surface area contributed by atoms with Crippen LogP contribution < -0.4 is 24.3 Å². The van der Waals surface area contributed by atoms with E-state index < -0.39 is 15.5 Å². The second-order valence-corrected chi connectivity index (χ2v) is 12.4. The maximum absolute atomic E-state index is 12.4. The lowest BCUT2D eigenvalue weighted by molar-refractivity contribution is 0.215. The standard InChI is InChI=1S/C34H44N2O7S/c1-25(2)34(24-35,28-11-15-30(39-4)33(23-28)41-6)17-7-18-36-19-16-27-10-14-31(32(22-27)40-5)42-20-21-43-44(37,38)29-12-8-26(3)9-13-29/h8-15,22-23,25,36H,7,16-21H2,1-6H3/t34-/m1/s1. The maximum Gasteiger partial charge on any atom is 0.297 e. The molecule has 238 valence electrons. The van der Waals surface area contributed by atoms with Crippen molar-refractivity contribution >= 4 is 10.1 Å². The van der Waals surface area contributed by atoms with Crippen LogP contribution in [0.4, 0.5) is 0 Å². The normalized spacial score (nSPS) is 12.8. The molecule has 0 saturated carbocycles. The summed E-state index contributed by atoms with van der Waals surface area (Å²) >= 11 is 0. The van der Waals surface area contributed by atoms with Gasteiger partial charge < -0.3 is 24.3 Å². The molecule has 3 aromatic rings. The van der Waals surface area contributed by atoms with Gasteiger partial charge in [-0.1, -0.05) is 43.7 Å². The Morgan fingerprint density at radius 2 is 1.50 bits per heavy atom. The van der Waals surface area contributed by atoms with Crippen molar-refractivity contribution in [3.8, 4) is 29.1 Å². The zero-order valence-electron chi connectivity index (χ0n) is 26.5. The summed E-state index contributed by atoms with van der Waals surface area (Å²) in [6.07, 6.45) is 2.31. The number of nitrogens with one attached hydrogen (secondary N) is 1. The smallest absolute Gasteiger partial charge is 0.297 e. The second-order valence-electron chi connectivity index (χ2n) is 10.8. The van der Waals surface area contributed by atoms with Crippen LogP contribution in [0.15, 0.2) is 65.6 Å². The summed E-state index contributed by atoms with van der Waals surface area (Å²) in [6, 6.07) is 20.5. The maximum atomic E-state index is 12.4. The van der Waals surface area contributed by atoms with Gasteiger partial charge in [0.05, 0.1) is 37.7 Å². The first-order valence-electron chi connectivity index (χ1n) is 14.7. The Labute approximate surface area is 262 Å². The Kier molecular flexibility index (Phi) is 12.9. The van der Waals surface area contributed by atoms with E-state index in [4.69, 9.17) is 23.1 Å². The van der Waals surface area contributed by atoms with E-state index in [9.17, 15) is 13.7 Å². The molecule has 0 aliphatic heterocycles. The van der Waals surface area contributed by atoms with Gasteiger partial charge in [-0.15, -0.1) is 0 Å². The van der Waals surface area contributed by atoms with E-state index in [1.54, 1.807) is 33.5 Å². The van der Waals surface area contributed by atoms with E-state index in [0.29, 0.717) is 29.4 Å². The molecular formula is C34H44N2O7S. The number of benzene rings is 3. The molecule has 3 rings (SSSR count). The van der Waals surface area contributed by atoms with Crippen LogP contribution in [0.3, 0.4) is 0 Å². The van der Waals surface area contributed by atoms with Gasteiger partial charge in [0.2, 0.25) is 0 Å². The van der Waals surface area contributed by atoms with Crippen LogP contribution in [-0.4, -0.2) is 56.1 Å². The van der Waals surface area contributed by atoms with E-state index in [1.807, 2.05) is 43.3 Å². The van der Waals surface area contributed by atoms with Crippen molar-refractivity contribution in [3.05, 3.63) is 77.4 Å². The highest BCUT2D eigenvalue weighted by Crippen LogP contribution is 2.40. The molecule has 44 heavy (non-hydrogen) atoms. The highest BCUT2D eigenvalue weighted by Gasteiger charge is 2.36. The lowest BCUT2D eigenvalue weighted by Crippen LogP contribution is -2.32. The fourth-order valence-electron chi connectivity index (χ4n) is 5.03. The Balaban J connectivity index is 1.47. The summed E-state index contributed by atoms with van der Waals surface area (Å²) in [7, 11) is 0.918. The highest BCUT2D eigenvalue weighted by atomic mass is 32.2. The third-order valence-corrected chi connectivity index (χ3v) is 9.04. The van der Waals surface area contributed by atoms with Crippen molar-refractivity contribution in [2.45, 2.75) is 50.3 Å². The minimum absolute atomic E-state index is 0.0478. The number of hydrogen-bond donors (Lipinski definition) is 1. The van der Waals surface area contributed by atoms with E-state index in [0.717, 1.165) is 42.6 Å². The van der Waals surface area contributed by atoms with Gasteiger partial charge in [0.1, 0.15) is 13.2 Å². The minimum atomic E-state index is -3.85. The van der Waals surface area contributed by atoms with Crippen molar-refractivity contribution in [2.75, 3.05) is 47.6 Å². The average Bonchev–Trinajstić information content (AvgIpc) is 3.03. The first-order chi connectivity index (χ1) is 21.1. The Hall–Kier alpha value is -3.78. The second kappa shape index (κ2) is 16.3. The Morgan fingerprint density at radius 3 is 2.14 bits per heavy atom. The third kappa shape index (κ3) is 8.88. The number of rotatable bonds is 18. The molecule has 0 saturated heterocycles. The molecule has 0 bridgehead atoms. The summed E-state index contributed by atoms with van der Waals surface area (Å²) in [4.78, 5) is 0.112. The summed E-state index contributed by atoms with van der Waals surface area (Å²) in [5.41, 5.74) is 2.33. The summed E-state index contributed by atoms with van der Waals surface area (Å²) in [6.45, 7) is 7.49. The van der Waals surface area contributed by atoms with Gasteiger partial charge >= 0.3 is 0 Å². The number of aryl methyl sites for hydroxylation is 1. The molecule has 10 heteroatoms. The Bertz CT molecular complexity index is 1500. The number of hydrogen-bond acceptors (Lipinski definition) is 9. The molecule has 0 unspecified atom stereocenters. The molecule has 0 aliphatic carbocycles. The third-order valence-electron chi connectivity index (χ3n) is 7.72. The first-order valence-corrected chi connectivity index (χ1v) is 16.1. The lowest BCUT2D eigenvalue weighted by Gasteiger charge is -2.32. The fourth-order valence-corrected chi connectivity index (χ4v) is 5.93. The van der Waals surface area contributed by atoms with E-state index in [-0.39, 0.29) is 24.0 Å². The van der Waals surface area contributed by atoms with E-state index in [2.05, 4.69) is 25.2 Å². The minimum Gasteiger partial charge on any atom is -0.493 e. The van der Waals surface area contributed by atoms with Crippen LogP contribution in [0.2, 0.25) is 0 Å². The molecular weight excluding hydrogens is 580 g/mol. The van der Waals surface area contributed by atoms with E-state index in [1.165, 1.54) is 12.1 Å². The van der Waals surface area contributed by atoms with Gasteiger partial charge in [-0.2, -0.15) is 13.7 Å². The van der Waals surface area contributed by atoms with Crippen LogP contribution in [0, 0.1) is 24.2 Å². The highest BCUT2D eigenvalue weighted by molar-refractivity contribution is 7.86. The Morgan fingerprint density at radius 1 is 0.841 bits per heavy atom. The molecule has 3 aromatic carbocycles. The molecule has 9 nitrogen and oxygen atoms in total. The molecule has 1 N–H and O–H groups in total. The first kappa shape index (κ1) is 34.7. The van der Waals surface area contributed by atoms with E-state index >= 15 is 0 Å². The SMILES string of the molecule is COc1ccc([C@@](C#N)(CCCNCCc2ccc(OCCOS(=O)(=O)c3ccc(C)cc3)c(OC)c2)C(C)C)cc1OC. The summed E-state index contributed by atoms with van der Waals surface area (Å²) in [5, 5.41) is 13.8. The largest absolute Gasteiger partial charge is 0.493 e. The average molecular weight is 625 g/mol. The monoisotopic (exact) mass is 624 g/mol. The summed E-state index contributed by atoms with van der Waals surface area (Å²) < 4.78 is 51.9. The molecule has 1 atom stereocenters. The van der Waals surface area contributed by atoms with Crippen molar-refractivity contribution in [3.63, 3.8) is 0 Å². The molecule has 0 heterocycles. The van der Waals surface area contributed by atoms with Crippen molar-refractivity contribution < 1.29 is 31.5 Å². The number of methoxy groups -OCH3 is 3. The van der Waals surface area contributed by atoms with Gasteiger partial charge in [0, 0.05) is 0 Å².